The van der Waals surface area contributed by atoms with Gasteiger partial charge in [-0.15, -0.1) is 0 Å². The Labute approximate surface area is 146 Å². The fourth-order valence-electron chi connectivity index (χ4n) is 1.74. The van der Waals surface area contributed by atoms with E-state index in [0.29, 0.717) is 23.9 Å². The third-order valence-electron chi connectivity index (χ3n) is 3.02. The molecule has 0 bridgehead atoms. The molecule has 0 radical (unpaired) electrons. The topological polar surface area (TPSA) is 105 Å². The summed E-state index contributed by atoms with van der Waals surface area (Å²) in [6.07, 6.45) is 0. The zero-order valence-corrected chi connectivity index (χ0v) is 15.7. The highest BCUT2D eigenvalue weighted by molar-refractivity contribution is 8.15. The number of carbonyl (C=O) groups excluding carboxylic acids is 1. The molecule has 1 aromatic carbocycles. The first kappa shape index (κ1) is 20.3. The van der Waals surface area contributed by atoms with Gasteiger partial charge in [0.1, 0.15) is 5.75 Å². The number of anilines is 1. The van der Waals surface area contributed by atoms with Crippen molar-refractivity contribution in [3.05, 3.63) is 18.2 Å². The zero-order chi connectivity index (χ0) is 18.4. The van der Waals surface area contributed by atoms with Crippen molar-refractivity contribution in [2.75, 3.05) is 24.7 Å². The number of amidine groups is 1. The molecule has 1 aliphatic rings. The number of rotatable bonds is 4. The van der Waals surface area contributed by atoms with E-state index in [9.17, 15) is 13.5 Å². The lowest BCUT2D eigenvalue weighted by molar-refractivity contribution is -0.126. The Bertz CT molecular complexity index is 715. The van der Waals surface area contributed by atoms with Crippen molar-refractivity contribution in [1.82, 2.24) is 0 Å². The van der Waals surface area contributed by atoms with Crippen LogP contribution in [0.5, 0.6) is 5.75 Å². The van der Waals surface area contributed by atoms with Gasteiger partial charge in [-0.2, -0.15) is 0 Å². The lowest BCUT2D eigenvalue weighted by Crippen LogP contribution is -2.16. The van der Waals surface area contributed by atoms with E-state index in [2.05, 4.69) is 28.9 Å². The summed E-state index contributed by atoms with van der Waals surface area (Å²) in [4.78, 5) is 13.5. The number of hydrogen-bond donors (Lipinski definition) is 2. The quantitative estimate of drug-likeness (QED) is 0.615. The first-order valence-corrected chi connectivity index (χ1v) is 9.64. The average molecular weight is 374 g/mol. The van der Waals surface area contributed by atoms with Crippen molar-refractivity contribution in [2.45, 2.75) is 30.4 Å². The van der Waals surface area contributed by atoms with Gasteiger partial charge in [0.05, 0.1) is 30.0 Å². The third-order valence-corrected chi connectivity index (χ3v) is 5.86. The molecule has 2 rings (SSSR count). The Morgan fingerprint density at radius 1 is 1.46 bits per heavy atom. The summed E-state index contributed by atoms with van der Waals surface area (Å²) < 4.78 is 27.6. The number of nitrogens with one attached hydrogen (secondary N) is 1. The van der Waals surface area contributed by atoms with Gasteiger partial charge in [-0.3, -0.25) is 9.79 Å². The number of sulfone groups is 1. The molecule has 0 saturated carbocycles. The second-order valence-corrected chi connectivity index (χ2v) is 9.50. The predicted octanol–water partition coefficient (Wildman–Crippen LogP) is 2.27. The number of phenols is 1. The first-order chi connectivity index (χ1) is 11.1. The van der Waals surface area contributed by atoms with Crippen LogP contribution in [0.3, 0.4) is 0 Å². The summed E-state index contributed by atoms with van der Waals surface area (Å²) in [5.74, 6) is 0.0352. The van der Waals surface area contributed by atoms with Crippen LogP contribution in [0.15, 0.2) is 28.1 Å². The standard InChI is InChI=1S/C13H18N2O3S2.C2H4O2/c1-4-20(17,18)9-5-6-11(16)10(7-9)15-12-14-8-13(2,3)19-12;1-4-2-3/h5-7,16H,4,8H2,1-3H3,(H,14,15);2H,1H3. The summed E-state index contributed by atoms with van der Waals surface area (Å²) in [7, 11) is -1.98. The molecule has 1 heterocycles. The molecule has 0 aliphatic carbocycles. The SMILES string of the molecule is CCS(=O)(=O)c1ccc(O)c(NC2=NCC(C)(C)S2)c1.COC=O. The van der Waals surface area contributed by atoms with E-state index < -0.39 is 9.84 Å². The van der Waals surface area contributed by atoms with Crippen LogP contribution in [0.1, 0.15) is 20.8 Å². The summed E-state index contributed by atoms with van der Waals surface area (Å²) >= 11 is 1.57. The molecule has 9 heteroatoms. The minimum absolute atomic E-state index is 0.00746. The fourth-order valence-corrected chi connectivity index (χ4v) is 3.59. The zero-order valence-electron chi connectivity index (χ0n) is 14.1. The number of carbonyl (C=O) groups is 1. The van der Waals surface area contributed by atoms with E-state index in [4.69, 9.17) is 4.79 Å². The molecular weight excluding hydrogens is 352 g/mol. The number of methoxy groups -OCH3 is 1. The molecule has 24 heavy (non-hydrogen) atoms. The highest BCUT2D eigenvalue weighted by Crippen LogP contribution is 2.34. The lowest BCUT2D eigenvalue weighted by atomic mass is 10.2. The smallest absolute Gasteiger partial charge is 0.292 e. The second kappa shape index (κ2) is 8.39. The van der Waals surface area contributed by atoms with Gasteiger partial charge in [0.25, 0.3) is 6.47 Å². The molecule has 0 unspecified atom stereocenters. The van der Waals surface area contributed by atoms with Gasteiger partial charge in [0, 0.05) is 4.75 Å². The Kier molecular flexibility index (Phi) is 7.09. The highest BCUT2D eigenvalue weighted by atomic mass is 32.2. The maximum absolute atomic E-state index is 11.9. The molecule has 1 aromatic rings. The predicted molar refractivity (Wildman–Crippen MR) is 96.5 cm³/mol. The number of thioether (sulfide) groups is 1. The fraction of sp³-hybridized carbons (Fsp3) is 0.467. The van der Waals surface area contributed by atoms with Crippen molar-refractivity contribution in [2.24, 2.45) is 4.99 Å². The van der Waals surface area contributed by atoms with Crippen LogP contribution in [0, 0.1) is 0 Å². The monoisotopic (exact) mass is 374 g/mol. The van der Waals surface area contributed by atoms with Crippen LogP contribution < -0.4 is 5.32 Å². The second-order valence-electron chi connectivity index (χ2n) is 5.52. The number of aliphatic imine (C=N–C) groups is 1. The molecule has 0 aromatic heterocycles. The van der Waals surface area contributed by atoms with Gasteiger partial charge < -0.3 is 15.2 Å². The van der Waals surface area contributed by atoms with E-state index in [-0.39, 0.29) is 21.1 Å². The normalized spacial score (nSPS) is 15.8. The minimum Gasteiger partial charge on any atom is -0.506 e. The highest BCUT2D eigenvalue weighted by Gasteiger charge is 2.27. The molecule has 7 nitrogen and oxygen atoms in total. The molecule has 0 atom stereocenters. The van der Waals surface area contributed by atoms with E-state index >= 15 is 0 Å². The van der Waals surface area contributed by atoms with Crippen molar-refractivity contribution >= 4 is 38.9 Å². The van der Waals surface area contributed by atoms with Crippen LogP contribution in [0.25, 0.3) is 0 Å². The van der Waals surface area contributed by atoms with Crippen molar-refractivity contribution in [1.29, 1.82) is 0 Å². The summed E-state index contributed by atoms with van der Waals surface area (Å²) in [5, 5.41) is 13.5. The Morgan fingerprint density at radius 3 is 2.54 bits per heavy atom. The van der Waals surface area contributed by atoms with E-state index in [1.165, 1.54) is 25.3 Å². The van der Waals surface area contributed by atoms with Crippen LogP contribution in [0.4, 0.5) is 5.69 Å². The number of ether oxygens (including phenoxy) is 1. The van der Waals surface area contributed by atoms with Crippen LogP contribution in [-0.2, 0) is 19.4 Å². The third kappa shape index (κ3) is 5.72. The maximum Gasteiger partial charge on any atom is 0.292 e. The van der Waals surface area contributed by atoms with E-state index in [1.807, 2.05) is 0 Å². The summed E-state index contributed by atoms with van der Waals surface area (Å²) in [6, 6.07) is 4.24. The number of phenolic OH excluding ortho intramolecular Hbond substituents is 1. The molecule has 2 N–H and O–H groups in total. The van der Waals surface area contributed by atoms with E-state index in [1.54, 1.807) is 18.7 Å². The largest absolute Gasteiger partial charge is 0.506 e. The summed E-state index contributed by atoms with van der Waals surface area (Å²) in [6.45, 7) is 6.81. The van der Waals surface area contributed by atoms with Crippen molar-refractivity contribution < 1.29 is 23.1 Å². The van der Waals surface area contributed by atoms with Gasteiger partial charge in [-0.05, 0) is 32.0 Å². The molecule has 0 amide bonds. The lowest BCUT2D eigenvalue weighted by Gasteiger charge is -2.15. The first-order valence-electron chi connectivity index (χ1n) is 7.18. The molecule has 0 fully saturated rings. The van der Waals surface area contributed by atoms with Gasteiger partial charge in [0.15, 0.2) is 15.0 Å². The van der Waals surface area contributed by atoms with Crippen LogP contribution in [0.2, 0.25) is 0 Å². The molecule has 0 spiro atoms. The molecule has 134 valence electrons. The van der Waals surface area contributed by atoms with Crippen molar-refractivity contribution in [3.8, 4) is 5.75 Å². The number of benzene rings is 1. The maximum atomic E-state index is 11.9. The van der Waals surface area contributed by atoms with Gasteiger partial charge in [-0.1, -0.05) is 18.7 Å². The number of nitrogens with zero attached hydrogens (tertiary/aromatic N) is 1. The Balaban J connectivity index is 0.000000648. The molecular formula is C15H22N2O5S2. The van der Waals surface area contributed by atoms with Crippen molar-refractivity contribution in [3.63, 3.8) is 0 Å². The average Bonchev–Trinajstić information content (AvgIpc) is 2.88. The van der Waals surface area contributed by atoms with Gasteiger partial charge >= 0.3 is 0 Å². The van der Waals surface area contributed by atoms with Crippen LogP contribution in [-0.4, -0.2) is 49.3 Å². The minimum atomic E-state index is -3.29. The molecule has 1 aliphatic heterocycles. The van der Waals surface area contributed by atoms with E-state index in [0.717, 1.165) is 0 Å². The number of hydrogen-bond acceptors (Lipinski definition) is 8. The van der Waals surface area contributed by atoms with Gasteiger partial charge in [0.2, 0.25) is 0 Å². The molecule has 0 saturated heterocycles. The number of aromatic hydroxyl groups is 1. The van der Waals surface area contributed by atoms with Gasteiger partial charge in [-0.25, -0.2) is 8.42 Å². The Hall–Kier alpha value is -1.74. The Morgan fingerprint density at radius 2 is 2.08 bits per heavy atom. The summed E-state index contributed by atoms with van der Waals surface area (Å²) in [5.41, 5.74) is 0.364. The van der Waals surface area contributed by atoms with Crippen LogP contribution >= 0.6 is 11.8 Å².